The molecule has 0 heterocycles. The van der Waals surface area contributed by atoms with Crippen molar-refractivity contribution >= 4 is 24.6 Å². The largest absolute Gasteiger partial charge is 0.500 e. The zero-order valence-corrected chi connectivity index (χ0v) is 18.9. The Labute approximate surface area is 171 Å². The van der Waals surface area contributed by atoms with Gasteiger partial charge in [-0.05, 0) is 19.4 Å². The van der Waals surface area contributed by atoms with Crippen LogP contribution in [-0.2, 0) is 34.2 Å². The molecule has 1 rings (SSSR count). The molecule has 0 aliphatic rings. The second-order valence-corrected chi connectivity index (χ2v) is 10.6. The van der Waals surface area contributed by atoms with Gasteiger partial charge in [-0.2, -0.15) is 8.42 Å². The van der Waals surface area contributed by atoms with E-state index < -0.39 is 30.5 Å². The molecule has 0 saturated heterocycles. The van der Waals surface area contributed by atoms with Crippen LogP contribution < -0.4 is 9.47 Å². The lowest BCUT2D eigenvalue weighted by atomic mass is 10.1. The molecule has 1 aromatic rings. The molecule has 0 atom stereocenters. The minimum Gasteiger partial charge on any atom is -0.493 e. The van der Waals surface area contributed by atoms with Gasteiger partial charge in [0, 0.05) is 27.4 Å². The van der Waals surface area contributed by atoms with Crippen molar-refractivity contribution in [3.63, 3.8) is 0 Å². The summed E-state index contributed by atoms with van der Waals surface area (Å²) < 4.78 is 55.6. The predicted octanol–water partition coefficient (Wildman–Crippen LogP) is 2.12. The van der Waals surface area contributed by atoms with E-state index in [0.29, 0.717) is 0 Å². The summed E-state index contributed by atoms with van der Waals surface area (Å²) in [5.74, 6) is 0.109. The minimum absolute atomic E-state index is 0.0493. The highest BCUT2D eigenvalue weighted by atomic mass is 32.2. The summed E-state index contributed by atoms with van der Waals surface area (Å²) in [6.07, 6.45) is 0.179. The van der Waals surface area contributed by atoms with Crippen LogP contribution in [0, 0.1) is 10.1 Å². The average molecular weight is 454 g/mol. The van der Waals surface area contributed by atoms with Crippen molar-refractivity contribution < 1.29 is 40.3 Å². The van der Waals surface area contributed by atoms with Gasteiger partial charge in [0.05, 0.1) is 42.6 Å². The maximum Gasteiger partial charge on any atom is 0.500 e. The van der Waals surface area contributed by atoms with Gasteiger partial charge < -0.3 is 22.8 Å². The van der Waals surface area contributed by atoms with Crippen LogP contribution in [-0.4, -0.2) is 62.9 Å². The molecule has 0 N–H and O–H groups in total. The molecule has 0 unspecified atom stereocenters. The fraction of sp³-hybridized carbons (Fsp3) is 0.625. The lowest BCUT2D eigenvalue weighted by Gasteiger charge is -2.24. The van der Waals surface area contributed by atoms with E-state index in [1.165, 1.54) is 40.6 Å². The van der Waals surface area contributed by atoms with E-state index in [-0.39, 0.29) is 47.6 Å². The summed E-state index contributed by atoms with van der Waals surface area (Å²) in [4.78, 5) is 10.7. The van der Waals surface area contributed by atoms with Crippen LogP contribution in [0.4, 0.5) is 5.69 Å². The fourth-order valence-electron chi connectivity index (χ4n) is 2.54. The monoisotopic (exact) mass is 453 g/mol. The van der Waals surface area contributed by atoms with Gasteiger partial charge in [0.1, 0.15) is 0 Å². The summed E-state index contributed by atoms with van der Waals surface area (Å²) in [5.41, 5.74) is -0.276. The van der Waals surface area contributed by atoms with Crippen molar-refractivity contribution in [3.05, 3.63) is 27.8 Å². The lowest BCUT2D eigenvalue weighted by Crippen LogP contribution is -2.42. The zero-order chi connectivity index (χ0) is 22.1. The van der Waals surface area contributed by atoms with E-state index in [9.17, 15) is 18.5 Å². The van der Waals surface area contributed by atoms with E-state index in [1.807, 2.05) is 0 Å². The fourth-order valence-corrected chi connectivity index (χ4v) is 5.44. The second kappa shape index (κ2) is 11.4. The smallest absolute Gasteiger partial charge is 0.493 e. The summed E-state index contributed by atoms with van der Waals surface area (Å²) in [6.45, 7) is 1.50. The number of hydrogen-bond donors (Lipinski definition) is 0. The first-order valence-electron chi connectivity index (χ1n) is 8.68. The van der Waals surface area contributed by atoms with E-state index >= 15 is 0 Å². The summed E-state index contributed by atoms with van der Waals surface area (Å²) in [6, 6.07) is 2.79. The third-order valence-corrected chi connectivity index (χ3v) is 8.16. The third-order valence-electron chi connectivity index (χ3n) is 4.07. The van der Waals surface area contributed by atoms with E-state index in [1.54, 1.807) is 6.92 Å². The lowest BCUT2D eigenvalue weighted by molar-refractivity contribution is -0.385. The molecule has 0 aliphatic heterocycles. The molecular weight excluding hydrogens is 426 g/mol. The summed E-state index contributed by atoms with van der Waals surface area (Å²) in [7, 11) is -1.17. The second-order valence-electron chi connectivity index (χ2n) is 5.74. The van der Waals surface area contributed by atoms with Crippen molar-refractivity contribution in [2.75, 3.05) is 40.8 Å². The first-order chi connectivity index (χ1) is 13.7. The van der Waals surface area contributed by atoms with Crippen LogP contribution in [0.5, 0.6) is 11.5 Å². The normalized spacial score (nSPS) is 12.0. The van der Waals surface area contributed by atoms with Gasteiger partial charge in [0.15, 0.2) is 11.5 Å². The SMILES string of the molecule is CCOc1cc([N+](=O)[O-])c(COS(=O)(=O)CCC[Si](OC)(OC)OC)cc1OC. The third kappa shape index (κ3) is 7.20. The molecule has 0 aliphatic carbocycles. The van der Waals surface area contributed by atoms with Crippen LogP contribution >= 0.6 is 0 Å². The molecular formula is C16H27NO10SSi. The van der Waals surface area contributed by atoms with Crippen molar-refractivity contribution in [1.82, 2.24) is 0 Å². The Morgan fingerprint density at radius 2 is 1.69 bits per heavy atom. The molecule has 0 aromatic heterocycles. The molecule has 11 nitrogen and oxygen atoms in total. The highest BCUT2D eigenvalue weighted by Crippen LogP contribution is 2.35. The highest BCUT2D eigenvalue weighted by Gasteiger charge is 2.37. The van der Waals surface area contributed by atoms with Gasteiger partial charge in [0.2, 0.25) is 0 Å². The van der Waals surface area contributed by atoms with Crippen LogP contribution in [0.25, 0.3) is 0 Å². The standard InChI is InChI=1S/C16H27NO10SSi/c1-6-26-16-11-14(17(18)19)13(10-15(16)22-2)12-27-28(20,21)8-7-9-29(23-3,24-4)25-5/h10-11H,6-9,12H2,1-5H3. The van der Waals surface area contributed by atoms with Gasteiger partial charge in [-0.25, -0.2) is 0 Å². The van der Waals surface area contributed by atoms with Crippen LogP contribution in [0.2, 0.25) is 6.04 Å². The van der Waals surface area contributed by atoms with Crippen molar-refractivity contribution in [2.45, 2.75) is 26.0 Å². The Kier molecular flexibility index (Phi) is 9.95. The minimum atomic E-state index is -3.95. The van der Waals surface area contributed by atoms with E-state index in [4.69, 9.17) is 26.9 Å². The highest BCUT2D eigenvalue weighted by molar-refractivity contribution is 7.86. The van der Waals surface area contributed by atoms with E-state index in [0.717, 1.165) is 0 Å². The predicted molar refractivity (Wildman–Crippen MR) is 106 cm³/mol. The van der Waals surface area contributed by atoms with E-state index in [2.05, 4.69) is 0 Å². The molecule has 0 spiro atoms. The van der Waals surface area contributed by atoms with Crippen molar-refractivity contribution in [1.29, 1.82) is 0 Å². The number of nitrogens with zero attached hydrogens (tertiary/aromatic N) is 1. The maximum absolute atomic E-state index is 12.2. The van der Waals surface area contributed by atoms with Gasteiger partial charge in [-0.3, -0.25) is 14.3 Å². The topological polar surface area (TPSA) is 133 Å². The van der Waals surface area contributed by atoms with Gasteiger partial charge >= 0.3 is 8.80 Å². The number of nitro groups is 1. The molecule has 166 valence electrons. The molecule has 0 bridgehead atoms. The number of ether oxygens (including phenoxy) is 2. The average Bonchev–Trinajstić information content (AvgIpc) is 2.70. The summed E-state index contributed by atoms with van der Waals surface area (Å²) >= 11 is 0. The van der Waals surface area contributed by atoms with Crippen molar-refractivity contribution in [3.8, 4) is 11.5 Å². The van der Waals surface area contributed by atoms with Gasteiger partial charge in [0.25, 0.3) is 15.8 Å². The number of nitro benzene ring substituents is 1. The Balaban J connectivity index is 2.88. The number of benzene rings is 1. The Bertz CT molecular complexity index is 774. The molecule has 13 heteroatoms. The molecule has 29 heavy (non-hydrogen) atoms. The van der Waals surface area contributed by atoms with Crippen LogP contribution in [0.15, 0.2) is 12.1 Å². The van der Waals surface area contributed by atoms with Crippen LogP contribution in [0.3, 0.4) is 0 Å². The zero-order valence-electron chi connectivity index (χ0n) is 17.1. The quantitative estimate of drug-likeness (QED) is 0.178. The number of hydrogen-bond acceptors (Lipinski definition) is 10. The molecule has 0 saturated carbocycles. The molecule has 1 aromatic carbocycles. The summed E-state index contributed by atoms with van der Waals surface area (Å²) in [5, 5.41) is 11.4. The molecule has 0 radical (unpaired) electrons. The van der Waals surface area contributed by atoms with Gasteiger partial charge in [-0.1, -0.05) is 0 Å². The maximum atomic E-state index is 12.2. The Morgan fingerprint density at radius 1 is 1.07 bits per heavy atom. The van der Waals surface area contributed by atoms with Gasteiger partial charge in [-0.15, -0.1) is 0 Å². The number of rotatable bonds is 14. The first kappa shape index (κ1) is 25.3. The van der Waals surface area contributed by atoms with Crippen LogP contribution in [0.1, 0.15) is 18.9 Å². The first-order valence-corrected chi connectivity index (χ1v) is 12.2. The van der Waals surface area contributed by atoms with Crippen molar-refractivity contribution in [2.24, 2.45) is 0 Å². The Hall–Kier alpha value is -1.77. The Morgan fingerprint density at radius 3 is 2.17 bits per heavy atom. The number of methoxy groups -OCH3 is 1. The molecule has 0 fully saturated rings. The molecule has 0 amide bonds.